The van der Waals surface area contributed by atoms with E-state index in [4.69, 9.17) is 29.4 Å². The molecule has 0 aliphatic carbocycles. The molecule has 14 heteroatoms. The van der Waals surface area contributed by atoms with Gasteiger partial charge in [-0.2, -0.15) is 0 Å². The van der Waals surface area contributed by atoms with Crippen LogP contribution in [0, 0.1) is 5.92 Å². The van der Waals surface area contributed by atoms with E-state index < -0.39 is 97.3 Å². The fraction of sp³-hybridized carbons (Fsp3) is 0.636. The number of ether oxygens (including phenoxy) is 5. The zero-order valence-corrected chi connectivity index (χ0v) is 26.4. The van der Waals surface area contributed by atoms with Crippen molar-refractivity contribution in [1.29, 1.82) is 0 Å². The summed E-state index contributed by atoms with van der Waals surface area (Å²) in [4.78, 5) is 24.4. The summed E-state index contributed by atoms with van der Waals surface area (Å²) in [5, 5.41) is 63.9. The van der Waals surface area contributed by atoms with Crippen LogP contribution in [0.1, 0.15) is 46.0 Å². The van der Waals surface area contributed by atoms with E-state index in [2.05, 4.69) is 0 Å². The van der Waals surface area contributed by atoms with Crippen molar-refractivity contribution in [2.45, 2.75) is 125 Å². The minimum absolute atomic E-state index is 0.0789. The number of aliphatic hydroxyl groups excluding tert-OH is 4. The number of fused-ring (bicyclic) bond motifs is 3. The lowest BCUT2D eigenvalue weighted by molar-refractivity contribution is -0.308. The SMILES string of the molecule is CC1C/C=C/C=C/C=C/C=C/C(O[C@@H]2OC(C)[C@@H](O)C(N)C2O)CC2OC(O)(CC(O)CC3OC3/C=C/C(=O)O1)CC(O)C2C(=O)O. The molecule has 0 saturated carbocycles. The molecular weight excluding hydrogens is 618 g/mol. The Morgan fingerprint density at radius 2 is 1.64 bits per heavy atom. The van der Waals surface area contributed by atoms with Gasteiger partial charge in [-0.1, -0.05) is 48.6 Å². The highest BCUT2D eigenvalue weighted by atomic mass is 16.7. The molecule has 4 heterocycles. The number of carbonyl (C=O) groups excluding carboxylic acids is 1. The van der Waals surface area contributed by atoms with E-state index in [0.29, 0.717) is 6.42 Å². The maximum atomic E-state index is 12.3. The van der Waals surface area contributed by atoms with E-state index in [0.717, 1.165) is 0 Å². The molecule has 14 atom stereocenters. The van der Waals surface area contributed by atoms with Crippen molar-refractivity contribution in [3.8, 4) is 0 Å². The number of nitrogens with two attached hydrogens (primary N) is 1. The second kappa shape index (κ2) is 16.6. The predicted molar refractivity (Wildman–Crippen MR) is 165 cm³/mol. The molecule has 4 rings (SSSR count). The van der Waals surface area contributed by atoms with Crippen molar-refractivity contribution < 1.29 is 63.9 Å². The van der Waals surface area contributed by atoms with Gasteiger partial charge in [0.25, 0.3) is 0 Å². The Kier molecular flexibility index (Phi) is 13.1. The monoisotopic (exact) mass is 665 g/mol. The normalized spacial score (nSPS) is 47.2. The zero-order chi connectivity index (χ0) is 34.3. The molecule has 0 aromatic carbocycles. The van der Waals surface area contributed by atoms with Gasteiger partial charge in [-0.25, -0.2) is 4.79 Å². The first-order valence-corrected chi connectivity index (χ1v) is 15.9. The number of carboxylic acid groups (broad SMARTS) is 1. The Balaban J connectivity index is 1.58. The molecule has 0 aromatic heterocycles. The Morgan fingerprint density at radius 1 is 0.936 bits per heavy atom. The second-order valence-corrected chi connectivity index (χ2v) is 12.6. The Labute approximate surface area is 273 Å². The van der Waals surface area contributed by atoms with Gasteiger partial charge in [0.1, 0.15) is 24.2 Å². The smallest absolute Gasteiger partial charge is 0.330 e. The third-order valence-electron chi connectivity index (χ3n) is 8.58. The van der Waals surface area contributed by atoms with Gasteiger partial charge in [-0.3, -0.25) is 4.79 Å². The Hall–Kier alpha value is -2.76. The molecule has 0 spiro atoms. The molecule has 4 aliphatic heterocycles. The van der Waals surface area contributed by atoms with Crippen LogP contribution in [0.5, 0.6) is 0 Å². The largest absolute Gasteiger partial charge is 0.481 e. The molecule has 0 amide bonds. The second-order valence-electron chi connectivity index (χ2n) is 12.6. The topological polar surface area (TPSA) is 231 Å². The molecule has 47 heavy (non-hydrogen) atoms. The highest BCUT2D eigenvalue weighted by Gasteiger charge is 2.51. The Morgan fingerprint density at radius 3 is 2.36 bits per heavy atom. The quantitative estimate of drug-likeness (QED) is 0.157. The predicted octanol–water partition coefficient (Wildman–Crippen LogP) is 0.120. The van der Waals surface area contributed by atoms with Crippen molar-refractivity contribution in [3.05, 3.63) is 60.8 Å². The van der Waals surface area contributed by atoms with E-state index in [1.165, 1.54) is 12.2 Å². The third-order valence-corrected chi connectivity index (χ3v) is 8.58. The van der Waals surface area contributed by atoms with Crippen LogP contribution in [0.15, 0.2) is 60.8 Å². The third kappa shape index (κ3) is 10.6. The number of carbonyl (C=O) groups is 2. The molecule has 3 fully saturated rings. The van der Waals surface area contributed by atoms with Crippen LogP contribution in [-0.2, 0) is 33.3 Å². The summed E-state index contributed by atoms with van der Waals surface area (Å²) in [6.45, 7) is 3.34. The number of carboxylic acids is 1. The number of hydrogen-bond acceptors (Lipinski definition) is 13. The molecule has 8 N–H and O–H groups in total. The van der Waals surface area contributed by atoms with Crippen LogP contribution in [-0.4, -0.2) is 122 Å². The van der Waals surface area contributed by atoms with Crippen molar-refractivity contribution in [2.75, 3.05) is 0 Å². The minimum Gasteiger partial charge on any atom is -0.481 e. The van der Waals surface area contributed by atoms with Crippen LogP contribution < -0.4 is 5.73 Å². The van der Waals surface area contributed by atoms with Gasteiger partial charge in [0, 0.05) is 38.2 Å². The van der Waals surface area contributed by atoms with Gasteiger partial charge in [0.15, 0.2) is 12.1 Å². The molecule has 0 radical (unpaired) electrons. The van der Waals surface area contributed by atoms with Crippen LogP contribution in [0.4, 0.5) is 0 Å². The number of aliphatic carboxylic acids is 1. The van der Waals surface area contributed by atoms with Gasteiger partial charge in [0.05, 0.1) is 48.8 Å². The van der Waals surface area contributed by atoms with Crippen molar-refractivity contribution in [2.24, 2.45) is 11.7 Å². The van der Waals surface area contributed by atoms with Crippen molar-refractivity contribution >= 4 is 11.9 Å². The number of aliphatic hydroxyl groups is 5. The summed E-state index contributed by atoms with van der Waals surface area (Å²) < 4.78 is 28.5. The summed E-state index contributed by atoms with van der Waals surface area (Å²) in [6, 6.07) is -1.08. The number of epoxide rings is 1. The fourth-order valence-corrected chi connectivity index (χ4v) is 6.00. The maximum Gasteiger partial charge on any atom is 0.330 e. The number of allylic oxidation sites excluding steroid dienone is 6. The fourth-order valence-electron chi connectivity index (χ4n) is 6.00. The van der Waals surface area contributed by atoms with E-state index in [-0.39, 0.29) is 25.4 Å². The van der Waals surface area contributed by atoms with Gasteiger partial charge in [-0.15, -0.1) is 0 Å². The van der Waals surface area contributed by atoms with Crippen LogP contribution in [0.3, 0.4) is 0 Å². The highest BCUT2D eigenvalue weighted by molar-refractivity contribution is 5.82. The van der Waals surface area contributed by atoms with Gasteiger partial charge >= 0.3 is 11.9 Å². The minimum atomic E-state index is -2.10. The molecule has 2 bridgehead atoms. The maximum absolute atomic E-state index is 12.3. The lowest BCUT2D eigenvalue weighted by atomic mass is 9.83. The molecule has 262 valence electrons. The van der Waals surface area contributed by atoms with Crippen LogP contribution in [0.25, 0.3) is 0 Å². The first-order chi connectivity index (χ1) is 22.3. The van der Waals surface area contributed by atoms with E-state index in [9.17, 15) is 40.2 Å². The lowest BCUT2D eigenvalue weighted by Gasteiger charge is -2.45. The van der Waals surface area contributed by atoms with Crippen molar-refractivity contribution in [3.63, 3.8) is 0 Å². The number of rotatable bonds is 3. The highest BCUT2D eigenvalue weighted by Crippen LogP contribution is 2.39. The van der Waals surface area contributed by atoms with Crippen LogP contribution >= 0.6 is 0 Å². The van der Waals surface area contributed by atoms with Gasteiger partial charge in [0.2, 0.25) is 0 Å². The molecular formula is C33H47NO13. The number of esters is 1. The first kappa shape index (κ1) is 37.1. The summed E-state index contributed by atoms with van der Waals surface area (Å²) in [7, 11) is 0. The van der Waals surface area contributed by atoms with E-state index in [1.807, 2.05) is 6.08 Å². The molecule has 0 aromatic rings. The number of hydrogen-bond donors (Lipinski definition) is 7. The average Bonchev–Trinajstić information content (AvgIpc) is 3.72. The lowest BCUT2D eigenvalue weighted by Crippen LogP contribution is -2.61. The standard InChI is InChI=1S/C33H47NO13/c1-18-10-8-6-4-3-5-7-9-11-21(45-32-30(39)28(34)29(38)19(2)44-32)15-25-27(31(40)41)22(36)17-33(42,47-25)16-20(35)14-24-23(46-24)12-13-26(37)43-18/h3-9,11-13,18-25,27-30,32,35-36,38-39,42H,10,14-17,34H2,1-2H3,(H,40,41)/b4-3+,7-5+,8-6+,11-9+,13-12+/t18?,19?,20?,21?,22?,23?,24?,25?,27?,28?,29-,30?,32+,33?/m1/s1. The van der Waals surface area contributed by atoms with Crippen molar-refractivity contribution in [1.82, 2.24) is 0 Å². The summed E-state index contributed by atoms with van der Waals surface area (Å²) in [5.41, 5.74) is 5.98. The Bertz CT molecular complexity index is 1220. The summed E-state index contributed by atoms with van der Waals surface area (Å²) in [5.74, 6) is -5.45. The summed E-state index contributed by atoms with van der Waals surface area (Å²) in [6.07, 6.45) is 5.25. The van der Waals surface area contributed by atoms with E-state index in [1.54, 1.807) is 56.4 Å². The molecule has 12 unspecified atom stereocenters. The summed E-state index contributed by atoms with van der Waals surface area (Å²) >= 11 is 0. The molecule has 14 nitrogen and oxygen atoms in total. The average molecular weight is 666 g/mol. The first-order valence-electron chi connectivity index (χ1n) is 15.9. The van der Waals surface area contributed by atoms with Gasteiger partial charge in [-0.05, 0) is 19.9 Å². The van der Waals surface area contributed by atoms with Gasteiger partial charge < -0.3 is 60.1 Å². The van der Waals surface area contributed by atoms with Crippen LogP contribution in [0.2, 0.25) is 0 Å². The molecule has 3 saturated heterocycles. The van der Waals surface area contributed by atoms with E-state index >= 15 is 0 Å². The zero-order valence-electron chi connectivity index (χ0n) is 26.4. The molecule has 4 aliphatic rings. The number of cyclic esters (lactones) is 1.